The Morgan fingerprint density at radius 1 is 0.605 bits per heavy atom. The molecule has 2 heterocycles. The third-order valence-corrected chi connectivity index (χ3v) is 7.48. The molecule has 2 nitrogen and oxygen atoms in total. The standard InChI is InChI=1S/2C20H18N.Ir/c1-20(2,17-11-7-4-8-12-17)18-13-14-21-19(15-18)16-9-5-3-6-10-16;1-15(2)17-11-12-21-20(14-17)19-10-6-9-18(13-19)16-7-4-3-5-8-16;/h2*3-9,11-15H,1-2H3;/q2*-1;/i;15D;. The molecule has 43 heavy (non-hydrogen) atoms. The summed E-state index contributed by atoms with van der Waals surface area (Å²) in [5, 5.41) is 0. The summed E-state index contributed by atoms with van der Waals surface area (Å²) >= 11 is 0. The molecule has 6 rings (SSSR count). The molecule has 0 N–H and O–H groups in total. The molecule has 217 valence electrons. The first kappa shape index (κ1) is 30.3. The fourth-order valence-electron chi connectivity index (χ4n) is 4.85. The molecule has 4 aromatic carbocycles. The van der Waals surface area contributed by atoms with Crippen LogP contribution in [0, 0.1) is 12.1 Å². The zero-order valence-corrected chi connectivity index (χ0v) is 27.4. The minimum Gasteiger partial charge on any atom is -0.305 e. The van der Waals surface area contributed by atoms with E-state index >= 15 is 0 Å². The third kappa shape index (κ3) is 8.02. The van der Waals surface area contributed by atoms with E-state index < -0.39 is 5.89 Å². The van der Waals surface area contributed by atoms with Crippen LogP contribution in [-0.4, -0.2) is 9.97 Å². The summed E-state index contributed by atoms with van der Waals surface area (Å²) in [4.78, 5) is 8.93. The van der Waals surface area contributed by atoms with E-state index in [0.29, 0.717) is 0 Å². The van der Waals surface area contributed by atoms with Gasteiger partial charge in [0.25, 0.3) is 0 Å². The van der Waals surface area contributed by atoms with Crippen molar-refractivity contribution in [2.45, 2.75) is 39.0 Å². The summed E-state index contributed by atoms with van der Waals surface area (Å²) in [5.74, 6) is -0.630. The Kier molecular flexibility index (Phi) is 10.4. The molecule has 0 amide bonds. The van der Waals surface area contributed by atoms with Gasteiger partial charge in [-0.2, -0.15) is 0 Å². The van der Waals surface area contributed by atoms with E-state index in [4.69, 9.17) is 1.37 Å². The summed E-state index contributed by atoms with van der Waals surface area (Å²) in [7, 11) is 0. The molecule has 0 unspecified atom stereocenters. The summed E-state index contributed by atoms with van der Waals surface area (Å²) < 4.78 is 8.17. The summed E-state index contributed by atoms with van der Waals surface area (Å²) in [6.45, 7) is 8.26. The Labute approximate surface area is 271 Å². The van der Waals surface area contributed by atoms with Crippen LogP contribution in [-0.2, 0) is 25.5 Å². The van der Waals surface area contributed by atoms with Crippen LogP contribution < -0.4 is 0 Å². The number of hydrogen-bond donors (Lipinski definition) is 0. The average molecular weight is 738 g/mol. The molecule has 0 aliphatic heterocycles. The quantitative estimate of drug-likeness (QED) is 0.159. The second kappa shape index (κ2) is 14.8. The van der Waals surface area contributed by atoms with E-state index in [-0.39, 0.29) is 25.5 Å². The molecule has 0 atom stereocenters. The molecule has 1 radical (unpaired) electrons. The van der Waals surface area contributed by atoms with Crippen molar-refractivity contribution in [3.05, 3.63) is 169 Å². The zero-order valence-electron chi connectivity index (χ0n) is 26.0. The molecule has 2 aromatic heterocycles. The molecule has 0 aliphatic rings. The third-order valence-electron chi connectivity index (χ3n) is 7.48. The van der Waals surface area contributed by atoms with Gasteiger partial charge < -0.3 is 9.97 Å². The Hall–Kier alpha value is -4.17. The van der Waals surface area contributed by atoms with E-state index in [9.17, 15) is 0 Å². The molecule has 0 bridgehead atoms. The smallest absolute Gasteiger partial charge is 0.0346 e. The fraction of sp³-hybridized carbons (Fsp3) is 0.150. The summed E-state index contributed by atoms with van der Waals surface area (Å²) in [6, 6.07) is 49.5. The average Bonchev–Trinajstić information content (AvgIpc) is 3.06. The normalized spacial score (nSPS) is 11.4. The second-order valence-corrected chi connectivity index (χ2v) is 11.0. The van der Waals surface area contributed by atoms with Crippen molar-refractivity contribution in [1.82, 2.24) is 9.97 Å². The van der Waals surface area contributed by atoms with Gasteiger partial charge in [0.1, 0.15) is 0 Å². The Bertz CT molecular complexity index is 1760. The van der Waals surface area contributed by atoms with Crippen molar-refractivity contribution in [3.63, 3.8) is 0 Å². The summed E-state index contributed by atoms with van der Waals surface area (Å²) in [5.41, 5.74) is 9.60. The first-order valence-electron chi connectivity index (χ1n) is 14.7. The van der Waals surface area contributed by atoms with Gasteiger partial charge in [-0.3, -0.25) is 0 Å². The summed E-state index contributed by atoms with van der Waals surface area (Å²) in [6.07, 6.45) is 3.65. The van der Waals surface area contributed by atoms with Crippen LogP contribution in [0.2, 0.25) is 0 Å². The van der Waals surface area contributed by atoms with Crippen molar-refractivity contribution in [3.8, 4) is 33.6 Å². The van der Waals surface area contributed by atoms with Gasteiger partial charge in [0.15, 0.2) is 0 Å². The maximum absolute atomic E-state index is 8.17. The molecule has 0 spiro atoms. The van der Waals surface area contributed by atoms with Crippen LogP contribution in [0.3, 0.4) is 0 Å². The predicted octanol–water partition coefficient (Wildman–Crippen LogP) is 10.2. The van der Waals surface area contributed by atoms with E-state index in [1.165, 1.54) is 16.7 Å². The van der Waals surface area contributed by atoms with Crippen LogP contribution in [0.1, 0.15) is 51.7 Å². The first-order chi connectivity index (χ1) is 20.7. The first-order valence-corrected chi connectivity index (χ1v) is 14.2. The number of hydrogen-bond acceptors (Lipinski definition) is 2. The predicted molar refractivity (Wildman–Crippen MR) is 175 cm³/mol. The van der Waals surface area contributed by atoms with Gasteiger partial charge in [0.2, 0.25) is 0 Å². The van der Waals surface area contributed by atoms with Crippen molar-refractivity contribution in [2.24, 2.45) is 0 Å². The van der Waals surface area contributed by atoms with Gasteiger partial charge in [0.05, 0.1) is 0 Å². The van der Waals surface area contributed by atoms with Gasteiger partial charge in [-0.05, 0) is 46.1 Å². The minimum atomic E-state index is -0.630. The topological polar surface area (TPSA) is 25.8 Å². The number of aromatic nitrogens is 2. The number of benzene rings is 4. The van der Waals surface area contributed by atoms with E-state index in [0.717, 1.165) is 33.6 Å². The van der Waals surface area contributed by atoms with Crippen LogP contribution in [0.5, 0.6) is 0 Å². The Morgan fingerprint density at radius 3 is 1.91 bits per heavy atom. The minimum absolute atomic E-state index is 0. The Morgan fingerprint density at radius 2 is 1.23 bits per heavy atom. The molecule has 0 saturated carbocycles. The van der Waals surface area contributed by atoms with Gasteiger partial charge in [-0.15, -0.1) is 71.3 Å². The molecule has 0 aliphatic carbocycles. The molecule has 0 saturated heterocycles. The van der Waals surface area contributed by atoms with Gasteiger partial charge >= 0.3 is 0 Å². The second-order valence-electron chi connectivity index (χ2n) is 11.0. The Balaban J connectivity index is 0.000000197. The van der Waals surface area contributed by atoms with Gasteiger partial charge in [0, 0.05) is 39.3 Å². The largest absolute Gasteiger partial charge is 0.305 e. The molecule has 3 heteroatoms. The van der Waals surface area contributed by atoms with Crippen molar-refractivity contribution >= 4 is 0 Å². The number of rotatable bonds is 6. The van der Waals surface area contributed by atoms with Gasteiger partial charge in [-0.25, -0.2) is 0 Å². The molecular weight excluding hydrogens is 701 g/mol. The molecule has 0 fully saturated rings. The van der Waals surface area contributed by atoms with Gasteiger partial charge in [-0.1, -0.05) is 106 Å². The van der Waals surface area contributed by atoms with Crippen LogP contribution in [0.15, 0.2) is 140 Å². The van der Waals surface area contributed by atoms with Crippen LogP contribution in [0.4, 0.5) is 0 Å². The zero-order chi connectivity index (χ0) is 30.3. The van der Waals surface area contributed by atoms with Crippen molar-refractivity contribution < 1.29 is 21.5 Å². The number of pyridine rings is 2. The maximum atomic E-state index is 8.17. The van der Waals surface area contributed by atoms with Crippen LogP contribution in [0.25, 0.3) is 33.6 Å². The van der Waals surface area contributed by atoms with E-state index in [1.807, 2.05) is 80.7 Å². The fourth-order valence-corrected chi connectivity index (χ4v) is 4.85. The maximum Gasteiger partial charge on any atom is 0.0346 e. The van der Waals surface area contributed by atoms with Crippen molar-refractivity contribution in [1.29, 1.82) is 0 Å². The van der Waals surface area contributed by atoms with Crippen molar-refractivity contribution in [2.75, 3.05) is 0 Å². The molecule has 6 aromatic rings. The van der Waals surface area contributed by atoms with E-state index in [1.54, 1.807) is 6.20 Å². The monoisotopic (exact) mass is 738 g/mol. The molecular formula is C40H36IrN2-2. The number of nitrogens with zero attached hydrogens (tertiary/aromatic N) is 2. The van der Waals surface area contributed by atoms with Crippen LogP contribution >= 0.6 is 0 Å². The van der Waals surface area contributed by atoms with E-state index in [2.05, 4.69) is 103 Å². The SMILES string of the molecule is CC(C)(c1ccccc1)c1ccnc(-c2[c-]cccc2)c1.[2H]C(C)(C)c1ccnc(-c2[c-]ccc(-c3ccccc3)c2)c1.[Ir].